The number of halogens is 4. The van der Waals surface area contributed by atoms with Crippen LogP contribution in [0, 0.1) is 5.82 Å². The number of carboxylic acids is 1. The van der Waals surface area contributed by atoms with Crippen molar-refractivity contribution in [3.05, 3.63) is 76.7 Å². The van der Waals surface area contributed by atoms with Crippen molar-refractivity contribution < 1.29 is 41.7 Å². The van der Waals surface area contributed by atoms with Crippen molar-refractivity contribution in [2.24, 2.45) is 0 Å². The first-order valence-corrected chi connectivity index (χ1v) is 10.9. The zero-order valence-corrected chi connectivity index (χ0v) is 18.1. The highest BCUT2D eigenvalue weighted by molar-refractivity contribution is 5.68. The molecule has 3 aromatic rings. The topological polar surface area (TPSA) is 77.9 Å². The van der Waals surface area contributed by atoms with E-state index in [0.29, 0.717) is 47.4 Å². The smallest absolute Gasteiger partial charge is 0.417 e. The van der Waals surface area contributed by atoms with Gasteiger partial charge in [0, 0.05) is 40.9 Å². The van der Waals surface area contributed by atoms with E-state index in [1.165, 1.54) is 12.1 Å². The highest BCUT2D eigenvalue weighted by atomic mass is 19.4. The van der Waals surface area contributed by atoms with E-state index in [4.69, 9.17) is 19.3 Å². The zero-order chi connectivity index (χ0) is 24.7. The van der Waals surface area contributed by atoms with Crippen molar-refractivity contribution in [2.75, 3.05) is 6.61 Å². The van der Waals surface area contributed by atoms with Crippen LogP contribution in [0.4, 0.5) is 17.6 Å². The third-order valence-electron chi connectivity index (χ3n) is 6.08. The van der Waals surface area contributed by atoms with E-state index in [-0.39, 0.29) is 24.8 Å². The van der Waals surface area contributed by atoms with Gasteiger partial charge < -0.3 is 19.3 Å². The summed E-state index contributed by atoms with van der Waals surface area (Å²) in [5, 5.41) is 9.05. The number of aromatic nitrogens is 1. The van der Waals surface area contributed by atoms with Gasteiger partial charge in [-0.25, -0.2) is 9.37 Å². The van der Waals surface area contributed by atoms with Gasteiger partial charge in [0.1, 0.15) is 29.2 Å². The number of alkyl halides is 3. The third kappa shape index (κ3) is 4.60. The molecule has 0 saturated carbocycles. The highest BCUT2D eigenvalue weighted by Gasteiger charge is 2.33. The molecule has 2 heterocycles. The molecule has 1 aliphatic carbocycles. The molecule has 0 unspecified atom stereocenters. The fraction of sp³-hybridized carbons (Fsp3) is 0.280. The molecule has 2 aromatic carbocycles. The number of pyridine rings is 1. The SMILES string of the molecule is O=C(O)C[C@@H]1COc2cc(O[C@@H]3CCc4c(Oc5ccc(C(F)(F)F)cn5)ccc(F)c43)ccc21. The number of carboxylic acid groups (broad SMARTS) is 1. The predicted molar refractivity (Wildman–Crippen MR) is 114 cm³/mol. The molecule has 1 aliphatic heterocycles. The Morgan fingerprint density at radius 3 is 2.71 bits per heavy atom. The normalized spacial score (nSPS) is 18.5. The lowest BCUT2D eigenvalue weighted by molar-refractivity contribution is -0.138. The van der Waals surface area contributed by atoms with Crippen molar-refractivity contribution in [2.45, 2.75) is 37.5 Å². The number of rotatable bonds is 6. The molecule has 1 aromatic heterocycles. The second-order valence-electron chi connectivity index (χ2n) is 8.37. The minimum atomic E-state index is -4.51. The molecular formula is C25H19F4NO5. The Morgan fingerprint density at radius 1 is 1.17 bits per heavy atom. The first kappa shape index (κ1) is 22.9. The van der Waals surface area contributed by atoms with Gasteiger partial charge in [-0.15, -0.1) is 0 Å². The standard InChI is InChI=1S/C25H19F4NO5/c26-18-5-7-19(35-22-8-1-14(11-30-22)25(27,28)29)17-4-6-20(24(17)18)34-15-2-3-16-13(9-23(31)32)12-33-21(16)10-15/h1-3,5,7-8,10-11,13,20H,4,6,9,12H2,(H,31,32)/t13-,20-/m1/s1. The van der Waals surface area contributed by atoms with E-state index in [1.807, 2.05) is 0 Å². The molecule has 2 aliphatic rings. The average molecular weight is 489 g/mol. The number of ether oxygens (including phenoxy) is 3. The Bertz CT molecular complexity index is 1280. The van der Waals surface area contributed by atoms with E-state index in [1.54, 1.807) is 18.2 Å². The number of benzene rings is 2. The summed E-state index contributed by atoms with van der Waals surface area (Å²) in [5.41, 5.74) is 0.781. The number of nitrogens with zero attached hydrogens (tertiary/aromatic N) is 1. The first-order valence-electron chi connectivity index (χ1n) is 10.9. The second-order valence-corrected chi connectivity index (χ2v) is 8.37. The Balaban J connectivity index is 1.35. The quantitative estimate of drug-likeness (QED) is 0.425. The van der Waals surface area contributed by atoms with Crippen molar-refractivity contribution in [1.29, 1.82) is 0 Å². The van der Waals surface area contributed by atoms with Crippen LogP contribution in [0.3, 0.4) is 0 Å². The molecule has 1 N–H and O–H groups in total. The van der Waals surface area contributed by atoms with Gasteiger partial charge in [-0.2, -0.15) is 13.2 Å². The summed E-state index contributed by atoms with van der Waals surface area (Å²) in [6.45, 7) is 0.269. The lowest BCUT2D eigenvalue weighted by Crippen LogP contribution is -2.07. The van der Waals surface area contributed by atoms with E-state index in [9.17, 15) is 22.4 Å². The molecule has 182 valence electrons. The zero-order valence-electron chi connectivity index (χ0n) is 18.1. The first-order chi connectivity index (χ1) is 16.7. The molecule has 0 bridgehead atoms. The average Bonchev–Trinajstić information content (AvgIpc) is 3.40. The van der Waals surface area contributed by atoms with Crippen LogP contribution in [-0.2, 0) is 17.4 Å². The molecule has 35 heavy (non-hydrogen) atoms. The highest BCUT2D eigenvalue weighted by Crippen LogP contribution is 2.44. The Labute approximate surface area is 197 Å². The van der Waals surface area contributed by atoms with Gasteiger partial charge in [-0.3, -0.25) is 4.79 Å². The van der Waals surface area contributed by atoms with E-state index in [0.717, 1.165) is 17.7 Å². The van der Waals surface area contributed by atoms with Crippen LogP contribution in [0.1, 0.15) is 47.1 Å². The van der Waals surface area contributed by atoms with Gasteiger partial charge in [-0.05, 0) is 37.1 Å². The van der Waals surface area contributed by atoms with Gasteiger partial charge in [-0.1, -0.05) is 6.07 Å². The van der Waals surface area contributed by atoms with Crippen LogP contribution in [0.15, 0.2) is 48.7 Å². The summed E-state index contributed by atoms with van der Waals surface area (Å²) in [7, 11) is 0. The van der Waals surface area contributed by atoms with Crippen molar-refractivity contribution >= 4 is 5.97 Å². The van der Waals surface area contributed by atoms with Crippen LogP contribution in [-0.4, -0.2) is 22.7 Å². The molecule has 0 saturated heterocycles. The van der Waals surface area contributed by atoms with Crippen molar-refractivity contribution in [1.82, 2.24) is 4.98 Å². The van der Waals surface area contributed by atoms with Gasteiger partial charge in [0.25, 0.3) is 0 Å². The summed E-state index contributed by atoms with van der Waals surface area (Å²) in [6.07, 6.45) is -3.56. The van der Waals surface area contributed by atoms with Gasteiger partial charge in [0.05, 0.1) is 18.6 Å². The largest absolute Gasteiger partial charge is 0.492 e. The molecule has 10 heteroatoms. The van der Waals surface area contributed by atoms with Gasteiger partial charge in [0.15, 0.2) is 0 Å². The monoisotopic (exact) mass is 489 g/mol. The van der Waals surface area contributed by atoms with E-state index < -0.39 is 29.6 Å². The maximum atomic E-state index is 14.8. The fourth-order valence-electron chi connectivity index (χ4n) is 4.45. The molecule has 0 radical (unpaired) electrons. The maximum absolute atomic E-state index is 14.8. The van der Waals surface area contributed by atoms with Crippen LogP contribution in [0.2, 0.25) is 0 Å². The molecule has 0 amide bonds. The third-order valence-corrected chi connectivity index (χ3v) is 6.08. The minimum Gasteiger partial charge on any atom is -0.492 e. The van der Waals surface area contributed by atoms with Gasteiger partial charge in [0.2, 0.25) is 5.88 Å². The number of hydrogen-bond donors (Lipinski definition) is 1. The van der Waals surface area contributed by atoms with Crippen molar-refractivity contribution in [3.8, 4) is 23.1 Å². The maximum Gasteiger partial charge on any atom is 0.417 e. The lowest BCUT2D eigenvalue weighted by Gasteiger charge is -2.17. The van der Waals surface area contributed by atoms with Gasteiger partial charge >= 0.3 is 12.1 Å². The second kappa shape index (κ2) is 8.75. The summed E-state index contributed by atoms with van der Waals surface area (Å²) < 4.78 is 70.4. The summed E-state index contributed by atoms with van der Waals surface area (Å²) >= 11 is 0. The Hall–Kier alpha value is -3.82. The number of aliphatic carboxylic acids is 1. The Morgan fingerprint density at radius 2 is 2.00 bits per heavy atom. The molecular weight excluding hydrogens is 470 g/mol. The lowest BCUT2D eigenvalue weighted by atomic mass is 9.98. The van der Waals surface area contributed by atoms with E-state index >= 15 is 0 Å². The number of fused-ring (bicyclic) bond motifs is 2. The summed E-state index contributed by atoms with van der Waals surface area (Å²) in [4.78, 5) is 14.7. The summed E-state index contributed by atoms with van der Waals surface area (Å²) in [5.74, 6) is -0.370. The molecule has 0 fully saturated rings. The van der Waals surface area contributed by atoms with Crippen LogP contribution < -0.4 is 14.2 Å². The van der Waals surface area contributed by atoms with Crippen LogP contribution in [0.25, 0.3) is 0 Å². The molecule has 0 spiro atoms. The number of hydrogen-bond acceptors (Lipinski definition) is 5. The fourth-order valence-corrected chi connectivity index (χ4v) is 4.45. The molecule has 2 atom stereocenters. The number of carbonyl (C=O) groups is 1. The predicted octanol–water partition coefficient (Wildman–Crippen LogP) is 6.05. The molecule has 6 nitrogen and oxygen atoms in total. The minimum absolute atomic E-state index is 0.0367. The van der Waals surface area contributed by atoms with E-state index in [2.05, 4.69) is 4.98 Å². The summed E-state index contributed by atoms with van der Waals surface area (Å²) in [6, 6.07) is 9.75. The van der Waals surface area contributed by atoms with Crippen LogP contribution >= 0.6 is 0 Å². The molecule has 5 rings (SSSR count). The van der Waals surface area contributed by atoms with Crippen LogP contribution in [0.5, 0.6) is 23.1 Å². The Kier molecular flexibility index (Phi) is 5.74. The van der Waals surface area contributed by atoms with Crippen molar-refractivity contribution in [3.63, 3.8) is 0 Å².